The van der Waals surface area contributed by atoms with E-state index >= 15 is 0 Å². The molecule has 2 aliphatic heterocycles. The summed E-state index contributed by atoms with van der Waals surface area (Å²) >= 11 is 0. The van der Waals surface area contributed by atoms with Gasteiger partial charge in [-0.05, 0) is 42.5 Å². The zero-order chi connectivity index (χ0) is 22.5. The normalized spacial score (nSPS) is 18.7. The lowest BCUT2D eigenvalue weighted by molar-refractivity contribution is -0.133. The highest BCUT2D eigenvalue weighted by Crippen LogP contribution is 2.34. The molecule has 1 amide bonds. The molecule has 1 saturated heterocycles. The summed E-state index contributed by atoms with van der Waals surface area (Å²) in [5.41, 5.74) is 3.25. The van der Waals surface area contributed by atoms with Gasteiger partial charge in [0.05, 0.1) is 14.2 Å². The number of carbonyl (C=O) groups excluding carboxylic acids is 2. The molecule has 6 nitrogen and oxygen atoms in total. The van der Waals surface area contributed by atoms with Crippen LogP contribution in [0.5, 0.6) is 11.5 Å². The second-order valence-corrected chi connectivity index (χ2v) is 8.62. The number of piperidine rings is 1. The number of hydrogen-bond donors (Lipinski definition) is 0. The molecule has 2 heterocycles. The number of nitrogens with zero attached hydrogens (tertiary/aromatic N) is 2. The number of rotatable bonds is 7. The van der Waals surface area contributed by atoms with E-state index < -0.39 is 0 Å². The van der Waals surface area contributed by atoms with Gasteiger partial charge in [-0.3, -0.25) is 14.5 Å². The Balaban J connectivity index is 1.35. The molecule has 0 bridgehead atoms. The van der Waals surface area contributed by atoms with Gasteiger partial charge in [-0.25, -0.2) is 0 Å². The van der Waals surface area contributed by atoms with Crippen LogP contribution < -0.4 is 9.47 Å². The first-order valence-electron chi connectivity index (χ1n) is 11.4. The molecule has 0 N–H and O–H groups in total. The number of fused-ring (bicyclic) bond motifs is 1. The summed E-state index contributed by atoms with van der Waals surface area (Å²) in [4.78, 5) is 29.6. The van der Waals surface area contributed by atoms with E-state index in [-0.39, 0.29) is 24.5 Å². The van der Waals surface area contributed by atoms with Gasteiger partial charge in [0.15, 0.2) is 17.3 Å². The van der Waals surface area contributed by atoms with Crippen LogP contribution in [-0.2, 0) is 17.8 Å². The highest BCUT2D eigenvalue weighted by molar-refractivity contribution is 5.97. The topological polar surface area (TPSA) is 59.1 Å². The number of ketones is 1. The SMILES string of the molecule is COc1cc2c(cc1OC)CN(C1CCCN(C(=O)CCC(=O)c3ccccc3)C1)CC2. The lowest BCUT2D eigenvalue weighted by Crippen LogP contribution is -2.51. The molecular formula is C26H32N2O4. The third kappa shape index (κ3) is 4.96. The maximum atomic E-state index is 12.8. The molecule has 0 aromatic heterocycles. The Bertz CT molecular complexity index is 960. The van der Waals surface area contributed by atoms with Gasteiger partial charge < -0.3 is 14.4 Å². The van der Waals surface area contributed by atoms with Crippen molar-refractivity contribution in [1.82, 2.24) is 9.80 Å². The van der Waals surface area contributed by atoms with Crippen LogP contribution in [0.25, 0.3) is 0 Å². The Hall–Kier alpha value is -2.86. The van der Waals surface area contributed by atoms with Crippen molar-refractivity contribution >= 4 is 11.7 Å². The lowest BCUT2D eigenvalue weighted by Gasteiger charge is -2.41. The summed E-state index contributed by atoms with van der Waals surface area (Å²) in [6.45, 7) is 3.35. The fraction of sp³-hybridized carbons (Fsp3) is 0.462. The Kier molecular flexibility index (Phi) is 7.10. The average molecular weight is 437 g/mol. The first-order chi connectivity index (χ1) is 15.6. The third-order valence-corrected chi connectivity index (χ3v) is 6.67. The molecule has 0 saturated carbocycles. The van der Waals surface area contributed by atoms with E-state index in [1.54, 1.807) is 14.2 Å². The molecule has 1 atom stereocenters. The number of benzene rings is 2. The van der Waals surface area contributed by atoms with Gasteiger partial charge >= 0.3 is 0 Å². The lowest BCUT2D eigenvalue weighted by atomic mass is 9.95. The van der Waals surface area contributed by atoms with E-state index in [4.69, 9.17) is 9.47 Å². The van der Waals surface area contributed by atoms with Gasteiger partial charge in [0.1, 0.15) is 0 Å². The van der Waals surface area contributed by atoms with Crippen LogP contribution in [-0.4, -0.2) is 61.4 Å². The molecule has 2 aromatic rings. The van der Waals surface area contributed by atoms with Gasteiger partial charge in [-0.1, -0.05) is 30.3 Å². The van der Waals surface area contributed by atoms with Crippen molar-refractivity contribution in [1.29, 1.82) is 0 Å². The number of hydrogen-bond acceptors (Lipinski definition) is 5. The molecule has 1 fully saturated rings. The Morgan fingerprint density at radius 3 is 2.41 bits per heavy atom. The van der Waals surface area contributed by atoms with Crippen LogP contribution in [0.1, 0.15) is 47.2 Å². The van der Waals surface area contributed by atoms with E-state index in [0.717, 1.165) is 56.9 Å². The minimum Gasteiger partial charge on any atom is -0.493 e. The number of amides is 1. The summed E-state index contributed by atoms with van der Waals surface area (Å²) in [6.07, 6.45) is 3.60. The molecule has 2 aromatic carbocycles. The predicted octanol–water partition coefficient (Wildman–Crippen LogP) is 3.72. The van der Waals surface area contributed by atoms with E-state index in [0.29, 0.717) is 11.6 Å². The minimum absolute atomic E-state index is 0.0320. The van der Waals surface area contributed by atoms with E-state index in [9.17, 15) is 9.59 Å². The monoisotopic (exact) mass is 436 g/mol. The number of ether oxygens (including phenoxy) is 2. The van der Waals surface area contributed by atoms with Crippen molar-refractivity contribution in [2.75, 3.05) is 33.9 Å². The zero-order valence-electron chi connectivity index (χ0n) is 19.0. The molecule has 0 radical (unpaired) electrons. The maximum Gasteiger partial charge on any atom is 0.223 e. The van der Waals surface area contributed by atoms with Crippen molar-refractivity contribution in [3.05, 3.63) is 59.2 Å². The Labute approximate surface area is 190 Å². The first-order valence-corrected chi connectivity index (χ1v) is 11.4. The largest absolute Gasteiger partial charge is 0.493 e. The molecule has 0 aliphatic carbocycles. The quantitative estimate of drug-likeness (QED) is 0.619. The van der Waals surface area contributed by atoms with Gasteiger partial charge in [-0.15, -0.1) is 0 Å². The molecule has 4 rings (SSSR count). The van der Waals surface area contributed by atoms with E-state index in [1.807, 2.05) is 35.2 Å². The smallest absolute Gasteiger partial charge is 0.223 e. The number of carbonyl (C=O) groups is 2. The van der Waals surface area contributed by atoms with Crippen LogP contribution in [0.2, 0.25) is 0 Å². The van der Waals surface area contributed by atoms with Crippen LogP contribution in [0.3, 0.4) is 0 Å². The number of Topliss-reactive ketones (excluding diaryl/α,β-unsaturated/α-hetero) is 1. The van der Waals surface area contributed by atoms with Crippen molar-refractivity contribution in [2.24, 2.45) is 0 Å². The van der Waals surface area contributed by atoms with Crippen LogP contribution in [0.4, 0.5) is 0 Å². The summed E-state index contributed by atoms with van der Waals surface area (Å²) in [6, 6.07) is 13.7. The number of methoxy groups -OCH3 is 2. The van der Waals surface area contributed by atoms with Crippen molar-refractivity contribution in [3.8, 4) is 11.5 Å². The fourth-order valence-corrected chi connectivity index (χ4v) is 4.84. The summed E-state index contributed by atoms with van der Waals surface area (Å²) in [5.74, 6) is 1.66. The van der Waals surface area contributed by atoms with Gasteiger partial charge in [0.25, 0.3) is 0 Å². The molecular weight excluding hydrogens is 404 g/mol. The standard InChI is InChI=1S/C26H32N2O4/c1-31-24-15-20-12-14-27(17-21(20)16-25(24)32-2)22-9-6-13-28(18-22)26(30)11-10-23(29)19-7-4-3-5-8-19/h3-5,7-8,15-16,22H,6,9-14,17-18H2,1-2H3. The van der Waals surface area contributed by atoms with Crippen LogP contribution >= 0.6 is 0 Å². The minimum atomic E-state index is 0.0320. The molecule has 1 unspecified atom stereocenters. The summed E-state index contributed by atoms with van der Waals surface area (Å²) in [7, 11) is 3.33. The average Bonchev–Trinajstić information content (AvgIpc) is 2.86. The highest BCUT2D eigenvalue weighted by Gasteiger charge is 2.30. The van der Waals surface area contributed by atoms with Gasteiger partial charge in [0.2, 0.25) is 5.91 Å². The van der Waals surface area contributed by atoms with Crippen LogP contribution in [0.15, 0.2) is 42.5 Å². The molecule has 2 aliphatic rings. The van der Waals surface area contributed by atoms with E-state index in [2.05, 4.69) is 17.0 Å². The number of likely N-dealkylation sites (tertiary alicyclic amines) is 1. The Morgan fingerprint density at radius 1 is 0.969 bits per heavy atom. The van der Waals surface area contributed by atoms with Crippen LogP contribution in [0, 0.1) is 0 Å². The van der Waals surface area contributed by atoms with E-state index in [1.165, 1.54) is 11.1 Å². The summed E-state index contributed by atoms with van der Waals surface area (Å²) < 4.78 is 10.9. The highest BCUT2D eigenvalue weighted by atomic mass is 16.5. The van der Waals surface area contributed by atoms with Crippen molar-refractivity contribution < 1.29 is 19.1 Å². The Morgan fingerprint density at radius 2 is 1.69 bits per heavy atom. The zero-order valence-corrected chi connectivity index (χ0v) is 19.0. The second kappa shape index (κ2) is 10.2. The first kappa shape index (κ1) is 22.3. The third-order valence-electron chi connectivity index (χ3n) is 6.67. The summed E-state index contributed by atoms with van der Waals surface area (Å²) in [5, 5.41) is 0. The fourth-order valence-electron chi connectivity index (χ4n) is 4.84. The van der Waals surface area contributed by atoms with Gasteiger partial charge in [0, 0.05) is 50.6 Å². The predicted molar refractivity (Wildman–Crippen MR) is 123 cm³/mol. The molecule has 6 heteroatoms. The van der Waals surface area contributed by atoms with Crippen molar-refractivity contribution in [3.63, 3.8) is 0 Å². The molecule has 32 heavy (non-hydrogen) atoms. The van der Waals surface area contributed by atoms with Crippen molar-refractivity contribution in [2.45, 2.75) is 44.7 Å². The molecule has 0 spiro atoms. The second-order valence-electron chi connectivity index (χ2n) is 8.62. The molecule has 170 valence electrons. The van der Waals surface area contributed by atoms with Gasteiger partial charge in [-0.2, -0.15) is 0 Å². The maximum absolute atomic E-state index is 12.8.